The van der Waals surface area contributed by atoms with E-state index >= 15 is 0 Å². The molecule has 1 aromatic heterocycles. The van der Waals surface area contributed by atoms with Gasteiger partial charge >= 0.3 is 0 Å². The van der Waals surface area contributed by atoms with Crippen molar-refractivity contribution in [3.63, 3.8) is 0 Å². The second-order valence-corrected chi connectivity index (χ2v) is 5.76. The van der Waals surface area contributed by atoms with Crippen molar-refractivity contribution in [2.24, 2.45) is 5.92 Å². The number of rotatable bonds is 5. The van der Waals surface area contributed by atoms with Crippen molar-refractivity contribution in [2.75, 3.05) is 13.2 Å². The third-order valence-corrected chi connectivity index (χ3v) is 3.65. The second-order valence-electron chi connectivity index (χ2n) is 5.76. The first-order valence-corrected chi connectivity index (χ1v) is 7.20. The van der Waals surface area contributed by atoms with Crippen molar-refractivity contribution in [3.05, 3.63) is 22.8 Å². The third kappa shape index (κ3) is 3.98. The highest BCUT2D eigenvalue weighted by Gasteiger charge is 2.18. The molecule has 106 valence electrons. The van der Waals surface area contributed by atoms with Crippen molar-refractivity contribution in [2.45, 2.75) is 53.1 Å². The van der Waals surface area contributed by atoms with Crippen LogP contribution in [0.3, 0.4) is 0 Å². The van der Waals surface area contributed by atoms with Gasteiger partial charge in [-0.05, 0) is 26.2 Å². The largest absolute Gasteiger partial charge is 0.381 e. The molecule has 0 aromatic carbocycles. The molecule has 1 unspecified atom stereocenters. The number of aryl methyl sites for hydroxylation is 2. The van der Waals surface area contributed by atoms with Crippen molar-refractivity contribution in [3.8, 4) is 0 Å². The Labute approximate surface area is 116 Å². The van der Waals surface area contributed by atoms with Gasteiger partial charge in [0, 0.05) is 49.2 Å². The Morgan fingerprint density at radius 1 is 1.26 bits per heavy atom. The summed E-state index contributed by atoms with van der Waals surface area (Å²) < 4.78 is 5.41. The van der Waals surface area contributed by atoms with Gasteiger partial charge in [-0.3, -0.25) is 0 Å². The minimum atomic E-state index is 0.481. The maximum absolute atomic E-state index is 5.41. The lowest BCUT2D eigenvalue weighted by atomic mass is 10.0. The lowest BCUT2D eigenvalue weighted by molar-refractivity contribution is 0.185. The van der Waals surface area contributed by atoms with Gasteiger partial charge in [0.2, 0.25) is 0 Å². The topological polar surface area (TPSA) is 47.0 Å². The van der Waals surface area contributed by atoms with E-state index in [-0.39, 0.29) is 0 Å². The van der Waals surface area contributed by atoms with Gasteiger partial charge in [-0.15, -0.1) is 0 Å². The van der Waals surface area contributed by atoms with E-state index in [0.717, 1.165) is 49.8 Å². The van der Waals surface area contributed by atoms with Gasteiger partial charge in [0.1, 0.15) is 5.82 Å². The molecule has 1 N–H and O–H groups in total. The Hall–Kier alpha value is -1.00. The Morgan fingerprint density at radius 3 is 2.47 bits per heavy atom. The summed E-state index contributed by atoms with van der Waals surface area (Å²) in [6.45, 7) is 11.1. The average molecular weight is 263 g/mol. The second kappa shape index (κ2) is 6.44. The van der Waals surface area contributed by atoms with Gasteiger partial charge in [0.15, 0.2) is 0 Å². The molecule has 1 aliphatic heterocycles. The van der Waals surface area contributed by atoms with E-state index in [1.165, 1.54) is 5.56 Å². The summed E-state index contributed by atoms with van der Waals surface area (Å²) in [6.07, 6.45) is 2.08. The van der Waals surface area contributed by atoms with Crippen LogP contribution in [0.4, 0.5) is 0 Å². The van der Waals surface area contributed by atoms with Crippen LogP contribution in [-0.2, 0) is 17.7 Å². The molecule has 4 nitrogen and oxygen atoms in total. The lowest BCUT2D eigenvalue weighted by Crippen LogP contribution is -2.24. The highest BCUT2D eigenvalue weighted by Crippen LogP contribution is 2.18. The molecular weight excluding hydrogens is 238 g/mol. The van der Waals surface area contributed by atoms with E-state index in [9.17, 15) is 0 Å². The minimum absolute atomic E-state index is 0.481. The molecule has 1 atom stereocenters. The van der Waals surface area contributed by atoms with E-state index in [4.69, 9.17) is 4.74 Å². The van der Waals surface area contributed by atoms with Crippen molar-refractivity contribution in [1.82, 2.24) is 15.3 Å². The predicted molar refractivity (Wildman–Crippen MR) is 76.1 cm³/mol. The lowest BCUT2D eigenvalue weighted by Gasteiger charge is -2.14. The van der Waals surface area contributed by atoms with Crippen molar-refractivity contribution in [1.29, 1.82) is 0 Å². The predicted octanol–water partition coefficient (Wildman–Crippen LogP) is 2.17. The zero-order chi connectivity index (χ0) is 13.8. The molecule has 4 heteroatoms. The average Bonchev–Trinajstić information content (AvgIpc) is 2.80. The first-order chi connectivity index (χ1) is 9.06. The van der Waals surface area contributed by atoms with Crippen LogP contribution < -0.4 is 5.32 Å². The molecule has 1 saturated heterocycles. The van der Waals surface area contributed by atoms with Gasteiger partial charge in [0.05, 0.1) is 0 Å². The molecule has 0 bridgehead atoms. The third-order valence-electron chi connectivity index (χ3n) is 3.65. The maximum atomic E-state index is 5.41. The molecule has 19 heavy (non-hydrogen) atoms. The van der Waals surface area contributed by atoms with Gasteiger partial charge in [-0.1, -0.05) is 13.8 Å². The number of aromatic nitrogens is 2. The van der Waals surface area contributed by atoms with Crippen molar-refractivity contribution < 1.29 is 4.74 Å². The van der Waals surface area contributed by atoms with E-state index < -0.39 is 0 Å². The highest BCUT2D eigenvalue weighted by atomic mass is 16.5. The van der Waals surface area contributed by atoms with Crippen LogP contribution in [0.15, 0.2) is 0 Å². The van der Waals surface area contributed by atoms with Crippen LogP contribution in [0.25, 0.3) is 0 Å². The highest BCUT2D eigenvalue weighted by molar-refractivity contribution is 5.24. The molecule has 2 rings (SSSR count). The zero-order valence-corrected chi connectivity index (χ0v) is 12.5. The number of nitrogens with one attached hydrogen (secondary N) is 1. The first-order valence-electron chi connectivity index (χ1n) is 7.20. The van der Waals surface area contributed by atoms with Crippen LogP contribution >= 0.6 is 0 Å². The fourth-order valence-electron chi connectivity index (χ4n) is 2.46. The standard InChI is InChI=1S/C15H25N3O/c1-10(2)16-8-14-11(3)17-15(18-12(14)4)7-13-5-6-19-9-13/h10,13,16H,5-9H2,1-4H3. The Bertz CT molecular complexity index is 402. The summed E-state index contributed by atoms with van der Waals surface area (Å²) in [5, 5.41) is 3.44. The summed E-state index contributed by atoms with van der Waals surface area (Å²) >= 11 is 0. The molecule has 1 aromatic rings. The normalized spacial score (nSPS) is 19.3. The monoisotopic (exact) mass is 263 g/mol. The first kappa shape index (κ1) is 14.4. The van der Waals surface area contributed by atoms with E-state index in [2.05, 4.69) is 43.0 Å². The van der Waals surface area contributed by atoms with Crippen LogP contribution in [0, 0.1) is 19.8 Å². The molecule has 0 radical (unpaired) electrons. The molecule has 2 heterocycles. The Morgan fingerprint density at radius 2 is 1.95 bits per heavy atom. The van der Waals surface area contributed by atoms with Crippen molar-refractivity contribution >= 4 is 0 Å². The molecule has 1 fully saturated rings. The number of ether oxygens (including phenoxy) is 1. The van der Waals surface area contributed by atoms with Gasteiger partial charge in [-0.2, -0.15) is 0 Å². The molecule has 0 spiro atoms. The summed E-state index contributed by atoms with van der Waals surface area (Å²) in [5.74, 6) is 1.57. The van der Waals surface area contributed by atoms with Gasteiger partial charge in [0.25, 0.3) is 0 Å². The fraction of sp³-hybridized carbons (Fsp3) is 0.733. The molecule has 1 aliphatic rings. The Kier molecular flexibility index (Phi) is 4.88. The fourth-order valence-corrected chi connectivity index (χ4v) is 2.46. The number of hydrogen-bond donors (Lipinski definition) is 1. The smallest absolute Gasteiger partial charge is 0.129 e. The maximum Gasteiger partial charge on any atom is 0.129 e. The van der Waals surface area contributed by atoms with Crippen LogP contribution in [0.5, 0.6) is 0 Å². The zero-order valence-electron chi connectivity index (χ0n) is 12.5. The number of hydrogen-bond acceptors (Lipinski definition) is 4. The summed E-state index contributed by atoms with van der Waals surface area (Å²) in [6, 6.07) is 0.481. The van der Waals surface area contributed by atoms with Crippen LogP contribution in [0.1, 0.15) is 43.0 Å². The summed E-state index contributed by atoms with van der Waals surface area (Å²) in [5.41, 5.74) is 3.45. The SMILES string of the molecule is Cc1nc(CC2CCOC2)nc(C)c1CNC(C)C. The summed E-state index contributed by atoms with van der Waals surface area (Å²) in [4.78, 5) is 9.34. The molecule has 0 amide bonds. The van der Waals surface area contributed by atoms with Gasteiger partial charge < -0.3 is 10.1 Å². The molecule has 0 saturated carbocycles. The van der Waals surface area contributed by atoms with Crippen LogP contribution in [-0.4, -0.2) is 29.2 Å². The number of nitrogens with zero attached hydrogens (tertiary/aromatic N) is 2. The van der Waals surface area contributed by atoms with Gasteiger partial charge in [-0.25, -0.2) is 9.97 Å². The molecule has 0 aliphatic carbocycles. The van der Waals surface area contributed by atoms with E-state index in [0.29, 0.717) is 12.0 Å². The Balaban J connectivity index is 2.07. The van der Waals surface area contributed by atoms with E-state index in [1.807, 2.05) is 0 Å². The quantitative estimate of drug-likeness (QED) is 0.884. The molecular formula is C15H25N3O. The van der Waals surface area contributed by atoms with E-state index in [1.54, 1.807) is 0 Å². The van der Waals surface area contributed by atoms with Crippen LogP contribution in [0.2, 0.25) is 0 Å². The summed E-state index contributed by atoms with van der Waals surface area (Å²) in [7, 11) is 0. The minimum Gasteiger partial charge on any atom is -0.381 e.